The van der Waals surface area contributed by atoms with Gasteiger partial charge in [0.05, 0.1) is 0 Å². The van der Waals surface area contributed by atoms with E-state index in [2.05, 4.69) is 48.3 Å². The number of nitrogens with zero attached hydrogens (tertiary/aromatic N) is 1. The lowest BCUT2D eigenvalue weighted by Gasteiger charge is -2.27. The molecule has 2 nitrogen and oxygen atoms in total. The maximum Gasteiger partial charge on any atom is 0.0395 e. The van der Waals surface area contributed by atoms with Crippen LogP contribution in [0.3, 0.4) is 0 Å². The van der Waals surface area contributed by atoms with Gasteiger partial charge in [0.25, 0.3) is 0 Å². The number of hydrogen-bond donors (Lipinski definition) is 1. The van der Waals surface area contributed by atoms with Crippen LogP contribution >= 0.6 is 0 Å². The summed E-state index contributed by atoms with van der Waals surface area (Å²) < 4.78 is 0. The molecule has 88 valence electrons. The Morgan fingerprint density at radius 3 is 2.81 bits per heavy atom. The molecule has 1 fully saturated rings. The number of hydrogen-bond acceptors (Lipinski definition) is 2. The highest BCUT2D eigenvalue weighted by Crippen LogP contribution is 2.21. The average molecular weight is 218 g/mol. The predicted octanol–water partition coefficient (Wildman–Crippen LogP) is 2.43. The van der Waals surface area contributed by atoms with Crippen molar-refractivity contribution in [3.8, 4) is 0 Å². The van der Waals surface area contributed by atoms with Crippen LogP contribution in [0, 0.1) is 12.8 Å². The van der Waals surface area contributed by atoms with Crippen molar-refractivity contribution in [2.24, 2.45) is 5.92 Å². The molecule has 0 aliphatic carbocycles. The molecular formula is C14H22N2. The fourth-order valence-electron chi connectivity index (χ4n) is 2.50. The van der Waals surface area contributed by atoms with Crippen LogP contribution in [0.1, 0.15) is 18.9 Å². The number of para-hydroxylation sites is 1. The second-order valence-corrected chi connectivity index (χ2v) is 4.68. The van der Waals surface area contributed by atoms with E-state index in [0.29, 0.717) is 0 Å². The van der Waals surface area contributed by atoms with Crippen LogP contribution in [0.5, 0.6) is 0 Å². The third-order valence-corrected chi connectivity index (χ3v) is 3.48. The Hall–Kier alpha value is -1.02. The maximum atomic E-state index is 3.44. The highest BCUT2D eigenvalue weighted by Gasteiger charge is 2.18. The number of benzene rings is 1. The van der Waals surface area contributed by atoms with Gasteiger partial charge >= 0.3 is 0 Å². The molecule has 0 radical (unpaired) electrons. The molecule has 1 aliphatic rings. The third kappa shape index (κ3) is 2.56. The van der Waals surface area contributed by atoms with Gasteiger partial charge in [-0.15, -0.1) is 0 Å². The first-order chi connectivity index (χ1) is 7.81. The maximum absolute atomic E-state index is 3.44. The molecule has 0 spiro atoms. The highest BCUT2D eigenvalue weighted by molar-refractivity contribution is 5.52. The van der Waals surface area contributed by atoms with E-state index in [1.54, 1.807) is 0 Å². The fraction of sp³-hybridized carbons (Fsp3) is 0.571. The Balaban J connectivity index is 2.06. The van der Waals surface area contributed by atoms with E-state index < -0.39 is 0 Å². The minimum Gasteiger partial charge on any atom is -0.371 e. The molecule has 1 heterocycles. The third-order valence-electron chi connectivity index (χ3n) is 3.48. The van der Waals surface area contributed by atoms with Gasteiger partial charge in [-0.1, -0.05) is 18.2 Å². The van der Waals surface area contributed by atoms with E-state index in [4.69, 9.17) is 0 Å². The summed E-state index contributed by atoms with van der Waals surface area (Å²) in [6, 6.07) is 8.69. The SMILES string of the molecule is CCN(CC1CCNC1)c1ccccc1C. The van der Waals surface area contributed by atoms with E-state index in [9.17, 15) is 0 Å². The van der Waals surface area contributed by atoms with Gasteiger partial charge in [-0.3, -0.25) is 0 Å². The van der Waals surface area contributed by atoms with Gasteiger partial charge in [0, 0.05) is 18.8 Å². The van der Waals surface area contributed by atoms with Crippen molar-refractivity contribution in [3.05, 3.63) is 29.8 Å². The zero-order chi connectivity index (χ0) is 11.4. The van der Waals surface area contributed by atoms with Gasteiger partial charge in [-0.05, 0) is 50.9 Å². The van der Waals surface area contributed by atoms with Crippen molar-refractivity contribution < 1.29 is 0 Å². The van der Waals surface area contributed by atoms with Crippen molar-refractivity contribution in [3.63, 3.8) is 0 Å². The van der Waals surface area contributed by atoms with Gasteiger partial charge in [-0.2, -0.15) is 0 Å². The smallest absolute Gasteiger partial charge is 0.0395 e. The predicted molar refractivity (Wildman–Crippen MR) is 70.0 cm³/mol. The van der Waals surface area contributed by atoms with E-state index in [-0.39, 0.29) is 0 Å². The summed E-state index contributed by atoms with van der Waals surface area (Å²) >= 11 is 0. The van der Waals surface area contributed by atoms with E-state index in [0.717, 1.165) is 12.5 Å². The van der Waals surface area contributed by atoms with Crippen LogP contribution in [0.4, 0.5) is 5.69 Å². The van der Waals surface area contributed by atoms with E-state index in [1.165, 1.54) is 37.3 Å². The molecule has 1 atom stereocenters. The lowest BCUT2D eigenvalue weighted by Crippen LogP contribution is -2.30. The highest BCUT2D eigenvalue weighted by atomic mass is 15.1. The van der Waals surface area contributed by atoms with Crippen molar-refractivity contribution in [2.75, 3.05) is 31.1 Å². The Morgan fingerprint density at radius 1 is 1.38 bits per heavy atom. The summed E-state index contributed by atoms with van der Waals surface area (Å²) in [6.45, 7) is 9.10. The first kappa shape index (κ1) is 11.5. The molecule has 0 amide bonds. The molecule has 1 aromatic rings. The first-order valence-electron chi connectivity index (χ1n) is 6.32. The van der Waals surface area contributed by atoms with Crippen molar-refractivity contribution in [1.82, 2.24) is 5.32 Å². The van der Waals surface area contributed by atoms with Crippen molar-refractivity contribution >= 4 is 5.69 Å². The molecule has 1 unspecified atom stereocenters. The van der Waals surface area contributed by atoms with Gasteiger partial charge in [0.15, 0.2) is 0 Å². The molecule has 1 N–H and O–H groups in total. The van der Waals surface area contributed by atoms with Gasteiger partial charge in [-0.25, -0.2) is 0 Å². The molecule has 2 heteroatoms. The monoisotopic (exact) mass is 218 g/mol. The molecule has 16 heavy (non-hydrogen) atoms. The lowest BCUT2D eigenvalue weighted by atomic mass is 10.1. The summed E-state index contributed by atoms with van der Waals surface area (Å²) in [5.74, 6) is 0.819. The quantitative estimate of drug-likeness (QED) is 0.835. The van der Waals surface area contributed by atoms with E-state index >= 15 is 0 Å². The molecule has 0 saturated carbocycles. The lowest BCUT2D eigenvalue weighted by molar-refractivity contribution is 0.564. The minimum absolute atomic E-state index is 0.819. The van der Waals surface area contributed by atoms with Gasteiger partial charge in [0.2, 0.25) is 0 Å². The Kier molecular flexibility index (Phi) is 3.83. The average Bonchev–Trinajstić information content (AvgIpc) is 2.80. The number of nitrogens with one attached hydrogen (secondary N) is 1. The molecular weight excluding hydrogens is 196 g/mol. The largest absolute Gasteiger partial charge is 0.371 e. The number of rotatable bonds is 4. The van der Waals surface area contributed by atoms with Crippen LogP contribution < -0.4 is 10.2 Å². The minimum atomic E-state index is 0.819. The summed E-state index contributed by atoms with van der Waals surface area (Å²) in [7, 11) is 0. The van der Waals surface area contributed by atoms with Crippen molar-refractivity contribution in [2.45, 2.75) is 20.3 Å². The normalized spacial score (nSPS) is 20.0. The first-order valence-corrected chi connectivity index (χ1v) is 6.32. The zero-order valence-electron chi connectivity index (χ0n) is 10.4. The molecule has 1 aromatic carbocycles. The molecule has 0 bridgehead atoms. The van der Waals surface area contributed by atoms with Crippen LogP contribution in [0.15, 0.2) is 24.3 Å². The van der Waals surface area contributed by atoms with Crippen LogP contribution in [-0.2, 0) is 0 Å². The second kappa shape index (κ2) is 5.35. The summed E-state index contributed by atoms with van der Waals surface area (Å²) in [5, 5.41) is 3.44. The van der Waals surface area contributed by atoms with E-state index in [1.807, 2.05) is 0 Å². The Morgan fingerprint density at radius 2 is 2.19 bits per heavy atom. The molecule has 0 aromatic heterocycles. The molecule has 1 aliphatic heterocycles. The van der Waals surface area contributed by atoms with Crippen LogP contribution in [0.25, 0.3) is 0 Å². The van der Waals surface area contributed by atoms with Gasteiger partial charge in [0.1, 0.15) is 0 Å². The standard InChI is InChI=1S/C14H22N2/c1-3-16(11-13-8-9-15-10-13)14-7-5-4-6-12(14)2/h4-7,13,15H,3,8-11H2,1-2H3. The second-order valence-electron chi connectivity index (χ2n) is 4.68. The Labute approximate surface area is 98.7 Å². The van der Waals surface area contributed by atoms with Gasteiger partial charge < -0.3 is 10.2 Å². The molecule has 1 saturated heterocycles. The number of aryl methyl sites for hydroxylation is 1. The number of anilines is 1. The summed E-state index contributed by atoms with van der Waals surface area (Å²) in [5.41, 5.74) is 2.78. The summed E-state index contributed by atoms with van der Waals surface area (Å²) in [6.07, 6.45) is 1.32. The van der Waals surface area contributed by atoms with Crippen molar-refractivity contribution in [1.29, 1.82) is 0 Å². The molecule has 2 rings (SSSR count). The fourth-order valence-corrected chi connectivity index (χ4v) is 2.50. The van der Waals surface area contributed by atoms with Crippen LogP contribution in [-0.4, -0.2) is 26.2 Å². The topological polar surface area (TPSA) is 15.3 Å². The Bertz CT molecular complexity index is 329. The summed E-state index contributed by atoms with van der Waals surface area (Å²) in [4.78, 5) is 2.51. The zero-order valence-corrected chi connectivity index (χ0v) is 10.4. The van der Waals surface area contributed by atoms with Crippen LogP contribution in [0.2, 0.25) is 0 Å².